The predicted octanol–water partition coefficient (Wildman–Crippen LogP) is 20.0. The molecule has 9 N–H and O–H groups in total. The molecule has 1 aromatic heterocycles. The molecule has 12 aromatic carbocycles. The van der Waals surface area contributed by atoms with Crippen LogP contribution in [0, 0.1) is 41.5 Å². The minimum atomic E-state index is -1.03. The number of nitrogens with zero attached hydrogens (tertiary/aromatic N) is 4. The Morgan fingerprint density at radius 1 is 0.364 bits per heavy atom. The van der Waals surface area contributed by atoms with Crippen LogP contribution in [0.2, 0.25) is 0 Å². The number of nitrogens with two attached hydrogens (primary N) is 3. The smallest absolute Gasteiger partial charge is 0.320 e. The van der Waals surface area contributed by atoms with Crippen LogP contribution in [-0.2, 0) is 106 Å². The summed E-state index contributed by atoms with van der Waals surface area (Å²) in [6.45, 7) is 20.7. The van der Waals surface area contributed by atoms with E-state index < -0.39 is 36.0 Å². The summed E-state index contributed by atoms with van der Waals surface area (Å²) in [7, 11) is 0. The Kier molecular flexibility index (Phi) is 35.4. The van der Waals surface area contributed by atoms with Crippen LogP contribution in [0.1, 0.15) is 150 Å². The number of ether oxygens (including phenoxy) is 8. The third kappa shape index (κ3) is 28.8. The summed E-state index contributed by atoms with van der Waals surface area (Å²) in [5.41, 5.74) is 41.6. The van der Waals surface area contributed by atoms with Crippen LogP contribution in [0.25, 0.3) is 11.1 Å². The van der Waals surface area contributed by atoms with Gasteiger partial charge in [0.25, 0.3) is 0 Å². The monoisotopic (exact) mass is 1780 g/mol. The molecule has 2 aliphatic rings. The maximum absolute atomic E-state index is 11.6. The van der Waals surface area contributed by atoms with Crippen molar-refractivity contribution in [2.45, 2.75) is 190 Å². The largest absolute Gasteiger partial charge is 0.489 e. The second-order valence-corrected chi connectivity index (χ2v) is 34.4. The minimum absolute atomic E-state index is 0.274. The van der Waals surface area contributed by atoms with Gasteiger partial charge in [-0.15, -0.1) is 0 Å². The number of benzene rings is 12. The van der Waals surface area contributed by atoms with Gasteiger partial charge in [0.2, 0.25) is 5.75 Å². The Hall–Kier alpha value is -13.3. The highest BCUT2D eigenvalue weighted by atomic mass is 16.6. The molecule has 132 heavy (non-hydrogen) atoms. The summed E-state index contributed by atoms with van der Waals surface area (Å²) in [6.07, 6.45) is 7.54. The summed E-state index contributed by atoms with van der Waals surface area (Å²) in [5.74, 6) is 2.83. The van der Waals surface area contributed by atoms with Crippen molar-refractivity contribution in [3.63, 3.8) is 0 Å². The number of hydrogen-bond donors (Lipinski definition) is 6. The number of fused-ring (bicyclic) bond motifs is 3. The van der Waals surface area contributed by atoms with E-state index in [1.807, 2.05) is 140 Å². The third-order valence-electron chi connectivity index (χ3n) is 23.4. The predicted molar refractivity (Wildman–Crippen MR) is 515 cm³/mol. The molecule has 1 aliphatic heterocycles. The normalized spacial score (nSPS) is 12.9. The van der Waals surface area contributed by atoms with E-state index >= 15 is 0 Å². The molecule has 0 saturated heterocycles. The van der Waals surface area contributed by atoms with Gasteiger partial charge in [0.1, 0.15) is 92.0 Å². The first-order valence-electron chi connectivity index (χ1n) is 45.4. The van der Waals surface area contributed by atoms with E-state index in [2.05, 4.69) is 176 Å². The number of hydrogen-bond acceptors (Lipinski definition) is 19. The van der Waals surface area contributed by atoms with Crippen LogP contribution < -0.4 is 55.1 Å². The summed E-state index contributed by atoms with van der Waals surface area (Å²) in [5, 5.41) is 28.5. The summed E-state index contributed by atoms with van der Waals surface area (Å²) in [4.78, 5) is 45.9. The molecule has 15 rings (SSSR count). The topological polar surface area (TPSA) is 300 Å². The van der Waals surface area contributed by atoms with E-state index in [0.717, 1.165) is 121 Å². The SMILES string of the molecule is Cc1cccc(COc2ccccc2CN(CC[C@H](N)C(=O)O)Cc2c(OCc3cccc(C)c3)ccc3c2CCCC3)c1.Cc1cccc(COc2ccccc2CN(CC[C@H](N)C(=O)O)Cc2c(OCc3cccc(C)c3)ccc3ocnc23)c1.Cc1cccc(COc2ccccc2CN(CC[C@H](N)C(=O)O)Cc2ccc3c(c2OCc2cccc(C)c2)OCCCO3)c1. The molecule has 0 spiro atoms. The van der Waals surface area contributed by atoms with Crippen LogP contribution in [0.3, 0.4) is 0 Å². The van der Waals surface area contributed by atoms with Crippen molar-refractivity contribution >= 4 is 29.0 Å². The Bertz CT molecular complexity index is 5980. The molecule has 0 radical (unpaired) electrons. The number of aliphatic carboxylic acids is 3. The number of para-hydroxylation sites is 3. The van der Waals surface area contributed by atoms with Crippen molar-refractivity contribution in [2.75, 3.05) is 32.8 Å². The van der Waals surface area contributed by atoms with Crippen LogP contribution in [0.15, 0.2) is 266 Å². The highest BCUT2D eigenvalue weighted by Gasteiger charge is 2.28. The van der Waals surface area contributed by atoms with Crippen molar-refractivity contribution in [3.05, 3.63) is 372 Å². The third-order valence-corrected chi connectivity index (χ3v) is 23.4. The number of aromatic nitrogens is 1. The van der Waals surface area contributed by atoms with Gasteiger partial charge in [-0.1, -0.05) is 246 Å². The van der Waals surface area contributed by atoms with Gasteiger partial charge in [-0.2, -0.15) is 0 Å². The zero-order valence-electron chi connectivity index (χ0n) is 76.5. The zero-order chi connectivity index (χ0) is 92.7. The summed E-state index contributed by atoms with van der Waals surface area (Å²) < 4.78 is 56.0. The molecule has 0 bridgehead atoms. The first-order chi connectivity index (χ1) is 64.1. The highest BCUT2D eigenvalue weighted by molar-refractivity contribution is 5.79. The fraction of sp³-hybridized carbons (Fsp3) is 0.309. The van der Waals surface area contributed by atoms with E-state index in [9.17, 15) is 29.7 Å². The summed E-state index contributed by atoms with van der Waals surface area (Å²) >= 11 is 0. The molecular weight excluding hydrogens is 1660 g/mol. The van der Waals surface area contributed by atoms with E-state index in [0.29, 0.717) is 152 Å². The van der Waals surface area contributed by atoms with Gasteiger partial charge in [-0.25, -0.2) is 4.98 Å². The molecule has 0 unspecified atom stereocenters. The van der Waals surface area contributed by atoms with Crippen molar-refractivity contribution in [2.24, 2.45) is 17.2 Å². The lowest BCUT2D eigenvalue weighted by atomic mass is 9.87. The quantitative estimate of drug-likeness (QED) is 0.0207. The Balaban J connectivity index is 0.000000168. The van der Waals surface area contributed by atoms with Gasteiger partial charge in [0, 0.05) is 98.7 Å². The summed E-state index contributed by atoms with van der Waals surface area (Å²) in [6, 6.07) is 82.8. The number of rotatable bonds is 42. The molecule has 13 aromatic rings. The molecule has 22 nitrogen and oxygen atoms in total. The number of carbonyl (C=O) groups is 3. The lowest BCUT2D eigenvalue weighted by molar-refractivity contribution is -0.139. The molecule has 0 fully saturated rings. The molecule has 22 heteroatoms. The number of oxazole rings is 1. The first-order valence-corrected chi connectivity index (χ1v) is 45.4. The van der Waals surface area contributed by atoms with Crippen LogP contribution in [0.4, 0.5) is 0 Å². The molecule has 1 aliphatic carbocycles. The minimum Gasteiger partial charge on any atom is -0.489 e. The molecule has 0 saturated carbocycles. The molecular formula is C110H123N7O15. The van der Waals surface area contributed by atoms with Crippen LogP contribution in [0.5, 0.6) is 46.0 Å². The van der Waals surface area contributed by atoms with E-state index in [-0.39, 0.29) is 12.8 Å². The Labute approximate surface area is 774 Å². The second-order valence-electron chi connectivity index (χ2n) is 34.4. The van der Waals surface area contributed by atoms with Gasteiger partial charge in [0.15, 0.2) is 23.5 Å². The molecule has 2 heterocycles. The van der Waals surface area contributed by atoms with Crippen LogP contribution >= 0.6 is 0 Å². The van der Waals surface area contributed by atoms with Crippen molar-refractivity contribution in [1.29, 1.82) is 0 Å². The molecule has 3 atom stereocenters. The number of carboxylic acid groups (broad SMARTS) is 3. The van der Waals surface area contributed by atoms with Crippen LogP contribution in [-0.4, -0.2) is 104 Å². The molecule has 688 valence electrons. The van der Waals surface area contributed by atoms with Gasteiger partial charge in [-0.3, -0.25) is 29.1 Å². The van der Waals surface area contributed by atoms with Crippen molar-refractivity contribution in [3.8, 4) is 46.0 Å². The zero-order valence-corrected chi connectivity index (χ0v) is 76.5. The lowest BCUT2D eigenvalue weighted by Gasteiger charge is -2.29. The second kappa shape index (κ2) is 48.5. The number of aryl methyl sites for hydroxylation is 7. The highest BCUT2D eigenvalue weighted by Crippen LogP contribution is 2.44. The Morgan fingerprint density at radius 2 is 0.720 bits per heavy atom. The van der Waals surface area contributed by atoms with Gasteiger partial charge < -0.3 is 74.8 Å². The number of carboxylic acids is 3. The van der Waals surface area contributed by atoms with Gasteiger partial charge in [-0.05, 0) is 173 Å². The standard InChI is InChI=1S/C38H44N2O4.C37H42N2O6.C35H37N3O5/c1-27-9-7-11-29(21-27)25-43-36-16-6-4-14-32(36)23-40(20-19-35(39)38(41)42)24-34-33-15-5-3-13-31(33)17-18-37(34)44-26-30-12-8-10-28(2)22-30;1-26-8-5-10-28(20-26)24-44-33-13-4-3-12-30(33)22-39(17-16-32(38)37(40)41)23-31-14-15-34-36(43-19-7-18-42-34)35(31)45-25-29-11-6-9-27(2)21-29;1-24-7-5-9-26(17-24)21-41-31-12-4-3-11-28(31)19-38(16-15-30(36)35(39)40)20-29-32(13-14-33-34(29)37-23-43-33)42-22-27-10-6-8-25(2)18-27/h4,6-12,14,16-18,21-22,35H,3,5,13,15,19-20,23-26,39H2,1-2H3,(H,41,42);3-6,8-15,20-21,32H,7,16-19,22-25,38H2,1-2H3,(H,40,41);3-14,17-18,23,30H,15-16,19-22,36H2,1-2H3,(H,39,40)/t35-;32-;30-/m000/s1. The van der Waals surface area contributed by atoms with E-state index in [4.69, 9.17) is 59.5 Å². The maximum atomic E-state index is 11.6. The fourth-order valence-electron chi connectivity index (χ4n) is 16.5. The maximum Gasteiger partial charge on any atom is 0.320 e. The van der Waals surface area contributed by atoms with Crippen molar-refractivity contribution < 1.29 is 72.0 Å². The first kappa shape index (κ1) is 96.2. The lowest BCUT2D eigenvalue weighted by Crippen LogP contribution is -2.35. The fourth-order valence-corrected chi connectivity index (χ4v) is 16.5. The van der Waals surface area contributed by atoms with E-state index in [1.54, 1.807) is 0 Å². The van der Waals surface area contributed by atoms with Gasteiger partial charge in [0.05, 0.1) is 13.2 Å². The van der Waals surface area contributed by atoms with Gasteiger partial charge >= 0.3 is 17.9 Å². The average Bonchev–Trinajstić information content (AvgIpc) is 1.46. The average molecular weight is 1780 g/mol. The Morgan fingerprint density at radius 3 is 1.14 bits per heavy atom. The van der Waals surface area contributed by atoms with Crippen molar-refractivity contribution in [1.82, 2.24) is 19.7 Å². The van der Waals surface area contributed by atoms with E-state index in [1.165, 1.54) is 51.8 Å². The molecule has 0 amide bonds.